The van der Waals surface area contributed by atoms with Crippen LogP contribution in [0.1, 0.15) is 19.3 Å². The smallest absolute Gasteiger partial charge is 0.104 e. The first kappa shape index (κ1) is 25.2. The van der Waals surface area contributed by atoms with Crippen LogP contribution in [0.2, 0.25) is 0 Å². The van der Waals surface area contributed by atoms with E-state index in [9.17, 15) is 5.11 Å². The molecule has 29 heavy (non-hydrogen) atoms. The Morgan fingerprint density at radius 3 is 2.03 bits per heavy atom. The predicted molar refractivity (Wildman–Crippen MR) is 104 cm³/mol. The van der Waals surface area contributed by atoms with Gasteiger partial charge in [0.1, 0.15) is 18.3 Å². The normalized spacial score (nSPS) is 27.5. The first-order valence-electron chi connectivity index (χ1n) is 10.3. The van der Waals surface area contributed by atoms with Crippen LogP contribution in [0.3, 0.4) is 0 Å². The van der Waals surface area contributed by atoms with Crippen LogP contribution in [-0.2, 0) is 28.4 Å². The van der Waals surface area contributed by atoms with Crippen LogP contribution in [0, 0.1) is 0 Å². The van der Waals surface area contributed by atoms with E-state index in [1.807, 2.05) is 0 Å². The summed E-state index contributed by atoms with van der Waals surface area (Å²) >= 11 is 5.04. The number of hydrogen-bond acceptors (Lipinski definition) is 9. The van der Waals surface area contributed by atoms with Crippen LogP contribution in [0.15, 0.2) is 0 Å². The van der Waals surface area contributed by atoms with E-state index in [0.717, 1.165) is 39.1 Å². The van der Waals surface area contributed by atoms with E-state index in [4.69, 9.17) is 50.2 Å². The topological polar surface area (TPSA) is 126 Å². The summed E-state index contributed by atoms with van der Waals surface area (Å²) in [5, 5.41) is 26.1. The Bertz CT molecular complexity index is 401. The minimum absolute atomic E-state index is 0.0472. The molecule has 172 valence electrons. The van der Waals surface area contributed by atoms with Crippen LogP contribution in [-0.4, -0.2) is 117 Å². The highest BCUT2D eigenvalue weighted by Crippen LogP contribution is 2.19. The first-order chi connectivity index (χ1) is 14.1. The maximum Gasteiger partial charge on any atom is 0.104 e. The molecule has 0 bridgehead atoms. The number of rotatable bonds is 17. The molecule has 10 heteroatoms. The van der Waals surface area contributed by atoms with Crippen molar-refractivity contribution in [3.05, 3.63) is 0 Å². The molecule has 3 N–H and O–H groups in total. The Balaban J connectivity index is 0.000000438. The SMILES string of the molecule is OC(COCC(CCCC1CO1)OCC1CO1)COCC1CO1.OCC(O)CCl. The molecule has 3 aliphatic rings. The standard InChI is InChI=1S/C16H28O7.C3H7ClO2/c17-12(5-19-7-15-9-22-15)4-18-6-13(21-10-16-11-23-16)2-1-3-14-8-20-14;4-1-3(6)2-5/h12-17H,1-11H2;3,5-6H,1-2H2. The minimum atomic E-state index is -0.744. The van der Waals surface area contributed by atoms with Crippen molar-refractivity contribution in [1.29, 1.82) is 0 Å². The lowest BCUT2D eigenvalue weighted by molar-refractivity contribution is -0.0619. The quantitative estimate of drug-likeness (QED) is 0.206. The Morgan fingerprint density at radius 1 is 0.862 bits per heavy atom. The molecule has 0 aliphatic carbocycles. The van der Waals surface area contributed by atoms with Gasteiger partial charge in [-0.25, -0.2) is 0 Å². The molecular weight excluding hydrogens is 408 g/mol. The van der Waals surface area contributed by atoms with Crippen LogP contribution in [0.4, 0.5) is 0 Å². The third kappa shape index (κ3) is 14.5. The van der Waals surface area contributed by atoms with Crippen molar-refractivity contribution in [3.63, 3.8) is 0 Å². The average molecular weight is 443 g/mol. The maximum atomic E-state index is 9.81. The number of epoxide rings is 3. The Labute approximate surface area is 177 Å². The lowest BCUT2D eigenvalue weighted by Gasteiger charge is -2.19. The summed E-state index contributed by atoms with van der Waals surface area (Å²) in [7, 11) is 0. The minimum Gasteiger partial charge on any atom is -0.394 e. The molecule has 0 spiro atoms. The molecule has 9 nitrogen and oxygen atoms in total. The molecule has 6 unspecified atom stereocenters. The fourth-order valence-corrected chi connectivity index (χ4v) is 2.46. The molecule has 0 radical (unpaired) electrons. The molecular formula is C19H35ClO9. The van der Waals surface area contributed by atoms with E-state index in [1.165, 1.54) is 0 Å². The molecule has 0 aromatic rings. The lowest BCUT2D eigenvalue weighted by atomic mass is 10.1. The fraction of sp³-hybridized carbons (Fsp3) is 1.00. The van der Waals surface area contributed by atoms with Gasteiger partial charge < -0.3 is 43.7 Å². The van der Waals surface area contributed by atoms with Gasteiger partial charge in [-0.05, 0) is 19.3 Å². The van der Waals surface area contributed by atoms with Gasteiger partial charge in [-0.1, -0.05) is 0 Å². The van der Waals surface area contributed by atoms with E-state index < -0.39 is 12.2 Å². The number of alkyl halides is 1. The zero-order valence-electron chi connectivity index (χ0n) is 16.8. The fourth-order valence-electron chi connectivity index (χ4n) is 2.36. The van der Waals surface area contributed by atoms with Gasteiger partial charge in [0, 0.05) is 0 Å². The Kier molecular flexibility index (Phi) is 12.9. The molecule has 3 aliphatic heterocycles. The molecule has 3 rings (SSSR count). The van der Waals surface area contributed by atoms with Crippen molar-refractivity contribution < 1.29 is 43.7 Å². The zero-order valence-corrected chi connectivity index (χ0v) is 17.6. The monoisotopic (exact) mass is 442 g/mol. The second-order valence-electron chi connectivity index (χ2n) is 7.47. The van der Waals surface area contributed by atoms with Crippen LogP contribution >= 0.6 is 11.6 Å². The van der Waals surface area contributed by atoms with E-state index in [0.29, 0.717) is 25.9 Å². The Morgan fingerprint density at radius 2 is 1.48 bits per heavy atom. The van der Waals surface area contributed by atoms with Crippen LogP contribution < -0.4 is 0 Å². The van der Waals surface area contributed by atoms with Crippen LogP contribution in [0.25, 0.3) is 0 Å². The highest BCUT2D eigenvalue weighted by molar-refractivity contribution is 6.18. The van der Waals surface area contributed by atoms with Gasteiger partial charge in [0.15, 0.2) is 0 Å². The van der Waals surface area contributed by atoms with Gasteiger partial charge in [-0.3, -0.25) is 0 Å². The molecule has 3 saturated heterocycles. The van der Waals surface area contributed by atoms with E-state index >= 15 is 0 Å². The van der Waals surface area contributed by atoms with Gasteiger partial charge in [0.25, 0.3) is 0 Å². The van der Waals surface area contributed by atoms with Crippen molar-refractivity contribution in [2.75, 3.05) is 65.3 Å². The largest absolute Gasteiger partial charge is 0.394 e. The third-order valence-corrected chi connectivity index (χ3v) is 4.75. The highest BCUT2D eigenvalue weighted by Gasteiger charge is 2.26. The van der Waals surface area contributed by atoms with E-state index in [1.54, 1.807) is 0 Å². The molecule has 0 aromatic heterocycles. The third-order valence-electron chi connectivity index (χ3n) is 4.39. The van der Waals surface area contributed by atoms with Gasteiger partial charge in [0.2, 0.25) is 0 Å². The van der Waals surface area contributed by atoms with Crippen molar-refractivity contribution in [1.82, 2.24) is 0 Å². The summed E-state index contributed by atoms with van der Waals surface area (Å²) in [4.78, 5) is 0. The maximum absolute atomic E-state index is 9.81. The van der Waals surface area contributed by atoms with Crippen molar-refractivity contribution >= 4 is 11.6 Å². The van der Waals surface area contributed by atoms with Crippen molar-refractivity contribution in [2.24, 2.45) is 0 Å². The number of halogens is 1. The van der Waals surface area contributed by atoms with E-state index in [-0.39, 0.29) is 44.0 Å². The molecule has 0 aromatic carbocycles. The molecule has 0 saturated carbocycles. The zero-order chi connectivity index (χ0) is 20.9. The summed E-state index contributed by atoms with van der Waals surface area (Å²) in [6.45, 7) is 4.42. The van der Waals surface area contributed by atoms with Gasteiger partial charge >= 0.3 is 0 Å². The average Bonchev–Trinajstić information content (AvgIpc) is 3.56. The van der Waals surface area contributed by atoms with E-state index in [2.05, 4.69) is 0 Å². The summed E-state index contributed by atoms with van der Waals surface area (Å²) < 4.78 is 32.2. The molecule has 3 fully saturated rings. The second kappa shape index (κ2) is 14.9. The van der Waals surface area contributed by atoms with Crippen LogP contribution in [0.5, 0.6) is 0 Å². The van der Waals surface area contributed by atoms with Crippen molar-refractivity contribution in [3.8, 4) is 0 Å². The first-order valence-corrected chi connectivity index (χ1v) is 10.8. The highest BCUT2D eigenvalue weighted by atomic mass is 35.5. The summed E-state index contributed by atoms with van der Waals surface area (Å²) in [6, 6.07) is 0. The number of aliphatic hydroxyl groups is 3. The van der Waals surface area contributed by atoms with Gasteiger partial charge in [-0.15, -0.1) is 11.6 Å². The molecule has 0 amide bonds. The predicted octanol–water partition coefficient (Wildman–Crippen LogP) is -0.289. The molecule has 3 heterocycles. The number of aliphatic hydroxyl groups excluding tert-OH is 3. The van der Waals surface area contributed by atoms with Gasteiger partial charge in [-0.2, -0.15) is 0 Å². The van der Waals surface area contributed by atoms with Crippen molar-refractivity contribution in [2.45, 2.75) is 55.9 Å². The number of hydrogen-bond donors (Lipinski definition) is 3. The number of ether oxygens (including phenoxy) is 6. The summed E-state index contributed by atoms with van der Waals surface area (Å²) in [6.07, 6.45) is 2.72. The summed E-state index contributed by atoms with van der Waals surface area (Å²) in [5.41, 5.74) is 0. The Hall–Kier alpha value is -0.0700. The lowest BCUT2D eigenvalue weighted by Crippen LogP contribution is -2.27. The molecule has 6 atom stereocenters. The van der Waals surface area contributed by atoms with Gasteiger partial charge in [0.05, 0.1) is 83.7 Å². The summed E-state index contributed by atoms with van der Waals surface area (Å²) in [5.74, 6) is 0.108. The second-order valence-corrected chi connectivity index (χ2v) is 7.78.